The SMILES string of the molecule is Cn1cc(-c2ccc(CNc3cc(-c4cnc5cc(OC6CCNCC6)ccn45)ncn3)cc2)cn1. The van der Waals surface area contributed by atoms with Crippen molar-refractivity contribution in [1.29, 1.82) is 0 Å². The number of aryl methyl sites for hydroxylation is 1. The summed E-state index contributed by atoms with van der Waals surface area (Å²) in [7, 11) is 1.92. The summed E-state index contributed by atoms with van der Waals surface area (Å²) >= 11 is 0. The largest absolute Gasteiger partial charge is 0.490 e. The van der Waals surface area contributed by atoms with Gasteiger partial charge in [0.2, 0.25) is 0 Å². The fraction of sp³-hybridized carbons (Fsp3) is 0.259. The number of nitrogens with one attached hydrogen (secondary N) is 2. The van der Waals surface area contributed by atoms with E-state index in [0.717, 1.165) is 65.7 Å². The Morgan fingerprint density at radius 3 is 2.67 bits per heavy atom. The molecule has 1 aliphatic rings. The predicted molar refractivity (Wildman–Crippen MR) is 139 cm³/mol. The lowest BCUT2D eigenvalue weighted by Gasteiger charge is -2.23. The van der Waals surface area contributed by atoms with Crippen LogP contribution in [0.2, 0.25) is 0 Å². The molecular weight excluding hydrogens is 452 g/mol. The molecule has 5 heterocycles. The zero-order valence-corrected chi connectivity index (χ0v) is 20.1. The Balaban J connectivity index is 1.14. The minimum absolute atomic E-state index is 0.255. The van der Waals surface area contributed by atoms with Gasteiger partial charge >= 0.3 is 0 Å². The summed E-state index contributed by atoms with van der Waals surface area (Å²) in [4.78, 5) is 13.5. The number of nitrogens with zero attached hydrogens (tertiary/aromatic N) is 6. The molecule has 0 atom stereocenters. The summed E-state index contributed by atoms with van der Waals surface area (Å²) in [6.45, 7) is 2.66. The zero-order chi connectivity index (χ0) is 24.3. The second-order valence-corrected chi connectivity index (χ2v) is 9.04. The van der Waals surface area contributed by atoms with Crippen LogP contribution in [-0.4, -0.2) is 48.3 Å². The highest BCUT2D eigenvalue weighted by Crippen LogP contribution is 2.25. The summed E-state index contributed by atoms with van der Waals surface area (Å²) in [5, 5.41) is 11.0. The van der Waals surface area contributed by atoms with Crippen molar-refractivity contribution in [3.05, 3.63) is 79.1 Å². The van der Waals surface area contributed by atoms with Gasteiger partial charge in [-0.15, -0.1) is 0 Å². The van der Waals surface area contributed by atoms with Crippen molar-refractivity contribution in [2.75, 3.05) is 18.4 Å². The van der Waals surface area contributed by atoms with Gasteiger partial charge in [-0.2, -0.15) is 5.10 Å². The van der Waals surface area contributed by atoms with Crippen molar-refractivity contribution >= 4 is 11.5 Å². The molecular formula is C27H28N8O. The van der Waals surface area contributed by atoms with Gasteiger partial charge in [0.15, 0.2) is 0 Å². The Morgan fingerprint density at radius 1 is 1.00 bits per heavy atom. The van der Waals surface area contributed by atoms with Gasteiger partial charge < -0.3 is 15.4 Å². The van der Waals surface area contributed by atoms with Crippen LogP contribution in [-0.2, 0) is 13.6 Å². The van der Waals surface area contributed by atoms with Crippen LogP contribution in [0, 0.1) is 0 Å². The van der Waals surface area contributed by atoms with Crippen molar-refractivity contribution in [1.82, 2.24) is 34.4 Å². The lowest BCUT2D eigenvalue weighted by atomic mass is 10.1. The number of ether oxygens (including phenoxy) is 1. The molecule has 9 heteroatoms. The molecule has 9 nitrogen and oxygen atoms in total. The number of anilines is 1. The molecule has 1 saturated heterocycles. The Morgan fingerprint density at radius 2 is 1.86 bits per heavy atom. The first kappa shape index (κ1) is 22.2. The maximum Gasteiger partial charge on any atom is 0.140 e. The standard InChI is InChI=1S/C27H28N8O/c1-34-17-21(15-33-34)20-4-2-19(3-5-20)14-29-26-13-24(31-18-32-26)25-16-30-27-12-23(8-11-35(25)27)36-22-6-9-28-10-7-22/h2-5,8,11-13,15-18,22,28H,6-7,9-10,14H2,1H3,(H,29,31,32). The minimum atomic E-state index is 0.255. The van der Waals surface area contributed by atoms with E-state index in [1.165, 1.54) is 5.56 Å². The highest BCUT2D eigenvalue weighted by atomic mass is 16.5. The highest BCUT2D eigenvalue weighted by Gasteiger charge is 2.15. The number of piperidine rings is 1. The highest BCUT2D eigenvalue weighted by molar-refractivity contribution is 5.64. The molecule has 0 bridgehead atoms. The van der Waals surface area contributed by atoms with Crippen LogP contribution in [0.25, 0.3) is 28.2 Å². The first-order valence-corrected chi connectivity index (χ1v) is 12.2. The normalized spacial score (nSPS) is 14.2. The average Bonchev–Trinajstić information content (AvgIpc) is 3.55. The Hall–Kier alpha value is -4.24. The molecule has 1 aromatic carbocycles. The number of fused-ring (bicyclic) bond motifs is 1. The van der Waals surface area contributed by atoms with Crippen LogP contribution in [0.15, 0.2) is 73.6 Å². The number of benzene rings is 1. The van der Waals surface area contributed by atoms with Crippen molar-refractivity contribution in [2.45, 2.75) is 25.5 Å². The predicted octanol–water partition coefficient (Wildman–Crippen LogP) is 3.93. The van der Waals surface area contributed by atoms with Crippen LogP contribution < -0.4 is 15.4 Å². The topological polar surface area (TPSA) is 94.2 Å². The quantitative estimate of drug-likeness (QED) is 0.364. The van der Waals surface area contributed by atoms with E-state index in [9.17, 15) is 0 Å². The molecule has 182 valence electrons. The van der Waals surface area contributed by atoms with E-state index in [1.54, 1.807) is 6.33 Å². The van der Waals surface area contributed by atoms with Gasteiger partial charge in [-0.3, -0.25) is 9.08 Å². The smallest absolute Gasteiger partial charge is 0.140 e. The van der Waals surface area contributed by atoms with Crippen LogP contribution in [0.4, 0.5) is 5.82 Å². The molecule has 0 spiro atoms. The van der Waals surface area contributed by atoms with Crippen molar-refractivity contribution in [3.63, 3.8) is 0 Å². The Bertz CT molecular complexity index is 1470. The van der Waals surface area contributed by atoms with Gasteiger partial charge in [-0.25, -0.2) is 15.0 Å². The molecule has 0 aliphatic carbocycles. The monoisotopic (exact) mass is 480 g/mol. The lowest BCUT2D eigenvalue weighted by molar-refractivity contribution is 0.162. The van der Waals surface area contributed by atoms with Crippen molar-refractivity contribution < 1.29 is 4.74 Å². The van der Waals surface area contributed by atoms with E-state index in [-0.39, 0.29) is 6.10 Å². The number of aromatic nitrogens is 6. The third-order valence-corrected chi connectivity index (χ3v) is 6.47. The number of pyridine rings is 1. The molecule has 0 unspecified atom stereocenters. The number of hydrogen-bond donors (Lipinski definition) is 2. The van der Waals surface area contributed by atoms with E-state index in [2.05, 4.69) is 54.9 Å². The number of hydrogen-bond acceptors (Lipinski definition) is 7. The summed E-state index contributed by atoms with van der Waals surface area (Å²) in [6, 6.07) is 14.4. The van der Waals surface area contributed by atoms with Gasteiger partial charge in [0.1, 0.15) is 29.6 Å². The van der Waals surface area contributed by atoms with Gasteiger partial charge in [-0.05, 0) is 43.1 Å². The van der Waals surface area contributed by atoms with Crippen molar-refractivity contribution in [3.8, 4) is 28.3 Å². The van der Waals surface area contributed by atoms with Gasteiger partial charge in [-0.1, -0.05) is 24.3 Å². The fourth-order valence-electron chi connectivity index (χ4n) is 4.50. The van der Waals surface area contributed by atoms with Crippen LogP contribution >= 0.6 is 0 Å². The average molecular weight is 481 g/mol. The summed E-state index contributed by atoms with van der Waals surface area (Å²) in [5.41, 5.74) is 5.96. The zero-order valence-electron chi connectivity index (χ0n) is 20.1. The Labute approximate surface area is 209 Å². The number of rotatable bonds is 7. The van der Waals surface area contributed by atoms with E-state index in [0.29, 0.717) is 6.54 Å². The fourth-order valence-corrected chi connectivity index (χ4v) is 4.50. The minimum Gasteiger partial charge on any atom is -0.490 e. The molecule has 1 aliphatic heterocycles. The molecule has 4 aromatic heterocycles. The Kier molecular flexibility index (Phi) is 6.05. The van der Waals surface area contributed by atoms with Crippen LogP contribution in [0.5, 0.6) is 5.75 Å². The molecule has 5 aromatic rings. The maximum atomic E-state index is 6.17. The third kappa shape index (κ3) is 4.78. The molecule has 0 saturated carbocycles. The van der Waals surface area contributed by atoms with E-state index >= 15 is 0 Å². The summed E-state index contributed by atoms with van der Waals surface area (Å²) in [5.74, 6) is 1.61. The molecule has 2 N–H and O–H groups in total. The summed E-state index contributed by atoms with van der Waals surface area (Å²) < 4.78 is 10.0. The van der Waals surface area contributed by atoms with Gasteiger partial charge in [0.05, 0.1) is 23.8 Å². The lowest BCUT2D eigenvalue weighted by Crippen LogP contribution is -2.34. The first-order valence-electron chi connectivity index (χ1n) is 12.2. The van der Waals surface area contributed by atoms with Gasteiger partial charge in [0.25, 0.3) is 0 Å². The molecule has 6 rings (SSSR count). The summed E-state index contributed by atoms with van der Waals surface area (Å²) in [6.07, 6.45) is 11.6. The second-order valence-electron chi connectivity index (χ2n) is 9.04. The molecule has 0 amide bonds. The van der Waals surface area contributed by atoms with E-state index in [1.807, 2.05) is 59.1 Å². The third-order valence-electron chi connectivity index (χ3n) is 6.47. The number of imidazole rings is 1. The molecule has 36 heavy (non-hydrogen) atoms. The van der Waals surface area contributed by atoms with Crippen molar-refractivity contribution in [2.24, 2.45) is 7.05 Å². The van der Waals surface area contributed by atoms with Crippen LogP contribution in [0.1, 0.15) is 18.4 Å². The molecule has 1 fully saturated rings. The maximum absolute atomic E-state index is 6.17. The first-order chi connectivity index (χ1) is 17.7. The second kappa shape index (κ2) is 9.79. The molecule has 0 radical (unpaired) electrons. The van der Waals surface area contributed by atoms with E-state index in [4.69, 9.17) is 4.74 Å². The van der Waals surface area contributed by atoms with Gasteiger partial charge in [0, 0.05) is 43.7 Å². The van der Waals surface area contributed by atoms with E-state index < -0.39 is 0 Å². The van der Waals surface area contributed by atoms with Crippen LogP contribution in [0.3, 0.4) is 0 Å².